The molecule has 0 saturated heterocycles. The lowest BCUT2D eigenvalue weighted by Gasteiger charge is -2.01. The van der Waals surface area contributed by atoms with Crippen molar-refractivity contribution in [1.82, 2.24) is 4.98 Å². The third kappa shape index (κ3) is 1.62. The van der Waals surface area contributed by atoms with Gasteiger partial charge in [0, 0.05) is 16.1 Å². The summed E-state index contributed by atoms with van der Waals surface area (Å²) in [5.74, 6) is 0. The molecule has 65 valence electrons. The number of pyridine rings is 1. The molecule has 0 spiro atoms. The van der Waals surface area contributed by atoms with Crippen molar-refractivity contribution >= 4 is 34.1 Å². The molecule has 0 aliphatic carbocycles. The second-order valence-corrected chi connectivity index (χ2v) is 3.60. The van der Waals surface area contributed by atoms with Crippen LogP contribution in [0.15, 0.2) is 24.3 Å². The highest BCUT2D eigenvalue weighted by Crippen LogP contribution is 2.26. The fourth-order valence-corrected chi connectivity index (χ4v) is 1.75. The molecule has 0 atom stereocenters. The molecule has 2 aromatic rings. The topological polar surface area (TPSA) is 12.9 Å². The summed E-state index contributed by atoms with van der Waals surface area (Å²) in [6, 6.07) is 7.19. The smallest absolute Gasteiger partial charge is 0.0735 e. The summed E-state index contributed by atoms with van der Waals surface area (Å²) < 4.78 is 0. The maximum Gasteiger partial charge on any atom is 0.0735 e. The Morgan fingerprint density at radius 2 is 1.92 bits per heavy atom. The van der Waals surface area contributed by atoms with E-state index in [9.17, 15) is 0 Å². The molecule has 13 heavy (non-hydrogen) atoms. The molecule has 0 bridgehead atoms. The van der Waals surface area contributed by atoms with E-state index >= 15 is 0 Å². The third-order valence-electron chi connectivity index (χ3n) is 1.78. The molecular formula is C10H6Cl2N. The maximum absolute atomic E-state index is 5.97. The highest BCUT2D eigenvalue weighted by molar-refractivity contribution is 6.38. The molecule has 0 aliphatic heterocycles. The number of hydrogen-bond acceptors (Lipinski definition) is 1. The van der Waals surface area contributed by atoms with Crippen LogP contribution in [0.3, 0.4) is 0 Å². The van der Waals surface area contributed by atoms with E-state index in [2.05, 4.69) is 11.9 Å². The van der Waals surface area contributed by atoms with Gasteiger partial charge in [0.05, 0.1) is 10.5 Å². The van der Waals surface area contributed by atoms with Crippen LogP contribution in [0.2, 0.25) is 10.0 Å². The number of hydrogen-bond donors (Lipinski definition) is 0. The van der Waals surface area contributed by atoms with Crippen LogP contribution < -0.4 is 0 Å². The van der Waals surface area contributed by atoms with E-state index in [1.54, 1.807) is 12.1 Å². The van der Waals surface area contributed by atoms with Gasteiger partial charge in [0.25, 0.3) is 0 Å². The van der Waals surface area contributed by atoms with Crippen LogP contribution in [-0.2, 0) is 0 Å². The number of fused-ring (bicyclic) bond motifs is 1. The van der Waals surface area contributed by atoms with Crippen LogP contribution in [0.1, 0.15) is 5.69 Å². The number of aromatic nitrogens is 1. The predicted octanol–water partition coefficient (Wildman–Crippen LogP) is 3.72. The second-order valence-electron chi connectivity index (χ2n) is 2.76. The summed E-state index contributed by atoms with van der Waals surface area (Å²) in [4.78, 5) is 4.22. The van der Waals surface area contributed by atoms with Crippen molar-refractivity contribution in [2.24, 2.45) is 0 Å². The standard InChI is InChI=1S/C10H6Cl2N/c1-6-2-3-8-9(12)4-7(11)5-10(8)13-6/h2-5H,1H2. The molecular weight excluding hydrogens is 205 g/mol. The molecule has 1 radical (unpaired) electrons. The van der Waals surface area contributed by atoms with Crippen molar-refractivity contribution in [2.75, 3.05) is 0 Å². The number of rotatable bonds is 0. The Morgan fingerprint density at radius 3 is 2.69 bits per heavy atom. The Balaban J connectivity index is 2.86. The van der Waals surface area contributed by atoms with Crippen LogP contribution in [-0.4, -0.2) is 4.98 Å². The molecule has 0 N–H and O–H groups in total. The van der Waals surface area contributed by atoms with Crippen molar-refractivity contribution in [3.63, 3.8) is 0 Å². The zero-order valence-corrected chi connectivity index (χ0v) is 8.23. The minimum absolute atomic E-state index is 0.593. The van der Waals surface area contributed by atoms with Crippen LogP contribution in [0.4, 0.5) is 0 Å². The van der Waals surface area contributed by atoms with Gasteiger partial charge in [0.2, 0.25) is 0 Å². The van der Waals surface area contributed by atoms with Gasteiger partial charge in [-0.2, -0.15) is 0 Å². The number of benzene rings is 1. The molecule has 1 aromatic carbocycles. The fourth-order valence-electron chi connectivity index (χ4n) is 1.20. The van der Waals surface area contributed by atoms with Gasteiger partial charge in [-0.15, -0.1) is 0 Å². The van der Waals surface area contributed by atoms with Crippen LogP contribution >= 0.6 is 23.2 Å². The van der Waals surface area contributed by atoms with Gasteiger partial charge >= 0.3 is 0 Å². The Morgan fingerprint density at radius 1 is 1.15 bits per heavy atom. The minimum atomic E-state index is 0.593. The third-order valence-corrected chi connectivity index (χ3v) is 2.31. The summed E-state index contributed by atoms with van der Waals surface area (Å²) >= 11 is 11.8. The minimum Gasteiger partial charge on any atom is -0.253 e. The van der Waals surface area contributed by atoms with Crippen molar-refractivity contribution in [3.8, 4) is 0 Å². The first kappa shape index (κ1) is 8.79. The van der Waals surface area contributed by atoms with Gasteiger partial charge in [0.15, 0.2) is 0 Å². The van der Waals surface area contributed by atoms with Crippen LogP contribution in [0.25, 0.3) is 10.9 Å². The lowest BCUT2D eigenvalue weighted by atomic mass is 10.2. The second kappa shape index (κ2) is 3.17. The summed E-state index contributed by atoms with van der Waals surface area (Å²) in [7, 11) is 0. The van der Waals surface area contributed by atoms with Gasteiger partial charge < -0.3 is 0 Å². The Labute approximate surface area is 86.3 Å². The largest absolute Gasteiger partial charge is 0.253 e. The van der Waals surface area contributed by atoms with E-state index in [-0.39, 0.29) is 0 Å². The first-order valence-electron chi connectivity index (χ1n) is 3.74. The lowest BCUT2D eigenvalue weighted by Crippen LogP contribution is -1.83. The van der Waals surface area contributed by atoms with E-state index in [1.807, 2.05) is 12.1 Å². The van der Waals surface area contributed by atoms with Gasteiger partial charge in [-0.1, -0.05) is 23.2 Å². The van der Waals surface area contributed by atoms with Gasteiger partial charge in [-0.25, -0.2) is 0 Å². The highest BCUT2D eigenvalue weighted by atomic mass is 35.5. The molecule has 1 aromatic heterocycles. The van der Waals surface area contributed by atoms with E-state index in [4.69, 9.17) is 23.2 Å². The number of halogens is 2. The van der Waals surface area contributed by atoms with Crippen LogP contribution in [0.5, 0.6) is 0 Å². The van der Waals surface area contributed by atoms with Gasteiger partial charge in [-0.05, 0) is 31.2 Å². The van der Waals surface area contributed by atoms with E-state index in [0.717, 1.165) is 10.9 Å². The molecule has 2 rings (SSSR count). The van der Waals surface area contributed by atoms with Crippen molar-refractivity contribution in [1.29, 1.82) is 0 Å². The quantitative estimate of drug-likeness (QED) is 0.646. The van der Waals surface area contributed by atoms with Crippen LogP contribution in [0, 0.1) is 6.92 Å². The molecule has 3 heteroatoms. The normalized spacial score (nSPS) is 10.7. The predicted molar refractivity (Wildman–Crippen MR) is 56.2 cm³/mol. The molecule has 0 fully saturated rings. The summed E-state index contributed by atoms with van der Waals surface area (Å²) in [6.07, 6.45) is 0. The summed E-state index contributed by atoms with van der Waals surface area (Å²) in [5.41, 5.74) is 1.50. The molecule has 0 unspecified atom stereocenters. The molecule has 1 heterocycles. The zero-order valence-electron chi connectivity index (χ0n) is 6.72. The zero-order chi connectivity index (χ0) is 9.42. The summed E-state index contributed by atoms with van der Waals surface area (Å²) in [5, 5.41) is 2.11. The van der Waals surface area contributed by atoms with Crippen molar-refractivity contribution < 1.29 is 0 Å². The van der Waals surface area contributed by atoms with Gasteiger partial charge in [0.1, 0.15) is 0 Å². The van der Waals surface area contributed by atoms with Crippen molar-refractivity contribution in [2.45, 2.75) is 0 Å². The highest BCUT2D eigenvalue weighted by Gasteiger charge is 2.01. The SMILES string of the molecule is [CH2]c1ccc2c(Cl)cc(Cl)cc2n1. The average Bonchev–Trinajstić information content (AvgIpc) is 2.02. The summed E-state index contributed by atoms with van der Waals surface area (Å²) in [6.45, 7) is 3.73. The van der Waals surface area contributed by atoms with Crippen molar-refractivity contribution in [3.05, 3.63) is 46.9 Å². The first-order chi connectivity index (χ1) is 6.16. The first-order valence-corrected chi connectivity index (χ1v) is 4.50. The average molecular weight is 211 g/mol. The van der Waals surface area contributed by atoms with E-state index < -0.39 is 0 Å². The maximum atomic E-state index is 5.97. The monoisotopic (exact) mass is 210 g/mol. The van der Waals surface area contributed by atoms with Gasteiger partial charge in [-0.3, -0.25) is 4.98 Å². The molecule has 0 saturated carbocycles. The number of nitrogens with zero attached hydrogens (tertiary/aromatic N) is 1. The Bertz CT molecular complexity index is 460. The lowest BCUT2D eigenvalue weighted by molar-refractivity contribution is 1.34. The molecule has 0 aliphatic rings. The Kier molecular flexibility index (Phi) is 2.14. The molecule has 1 nitrogen and oxygen atoms in total. The molecule has 0 amide bonds. The fraction of sp³-hybridized carbons (Fsp3) is 0. The van der Waals surface area contributed by atoms with E-state index in [0.29, 0.717) is 15.7 Å². The van der Waals surface area contributed by atoms with E-state index in [1.165, 1.54) is 0 Å². The Hall–Kier alpha value is -0.790.